The Hall–Kier alpha value is -2.56. The maximum absolute atomic E-state index is 13.4. The maximum atomic E-state index is 13.4. The Bertz CT molecular complexity index is 645. The molecule has 1 unspecified atom stereocenters. The summed E-state index contributed by atoms with van der Waals surface area (Å²) in [7, 11) is 0. The van der Waals surface area contributed by atoms with Crippen LogP contribution >= 0.6 is 0 Å². The number of nitrogens with one attached hydrogen (secondary N) is 1. The first-order valence-corrected chi connectivity index (χ1v) is 6.68. The van der Waals surface area contributed by atoms with Crippen molar-refractivity contribution >= 4 is 6.09 Å². The summed E-state index contributed by atoms with van der Waals surface area (Å²) in [6.45, 7) is 0.467. The molecule has 2 aromatic rings. The monoisotopic (exact) mass is 287 g/mol. The van der Waals surface area contributed by atoms with Crippen LogP contribution in [-0.4, -0.2) is 12.7 Å². The molecular formula is C16H14FNO3. The zero-order valence-electron chi connectivity index (χ0n) is 11.2. The summed E-state index contributed by atoms with van der Waals surface area (Å²) in [5, 5.41) is 2.74. The van der Waals surface area contributed by atoms with E-state index in [4.69, 9.17) is 9.47 Å². The van der Waals surface area contributed by atoms with E-state index in [-0.39, 0.29) is 11.9 Å². The van der Waals surface area contributed by atoms with Crippen LogP contribution in [0.4, 0.5) is 9.18 Å². The van der Waals surface area contributed by atoms with Crippen LogP contribution in [-0.2, 0) is 0 Å². The van der Waals surface area contributed by atoms with E-state index >= 15 is 0 Å². The van der Waals surface area contributed by atoms with Gasteiger partial charge in [0.15, 0.2) is 0 Å². The highest BCUT2D eigenvalue weighted by atomic mass is 19.1. The fourth-order valence-electron chi connectivity index (χ4n) is 2.28. The molecule has 1 heterocycles. The van der Waals surface area contributed by atoms with Crippen LogP contribution in [0.3, 0.4) is 0 Å². The lowest BCUT2D eigenvalue weighted by molar-refractivity contribution is 0.187. The minimum atomic E-state index is -0.566. The van der Waals surface area contributed by atoms with Crippen LogP contribution in [0.5, 0.6) is 11.5 Å². The molecule has 0 spiro atoms. The summed E-state index contributed by atoms with van der Waals surface area (Å²) in [5.74, 6) is 0.691. The molecule has 1 aliphatic heterocycles. The zero-order chi connectivity index (χ0) is 14.7. The number of rotatable bonds is 2. The first kappa shape index (κ1) is 13.4. The van der Waals surface area contributed by atoms with Crippen molar-refractivity contribution in [1.82, 2.24) is 5.32 Å². The fraction of sp³-hybridized carbons (Fsp3) is 0.188. The highest BCUT2D eigenvalue weighted by Crippen LogP contribution is 2.32. The average Bonchev–Trinajstić information content (AvgIpc) is 2.49. The van der Waals surface area contributed by atoms with E-state index < -0.39 is 6.09 Å². The molecule has 5 heteroatoms. The van der Waals surface area contributed by atoms with Crippen molar-refractivity contribution in [3.05, 3.63) is 59.9 Å². The molecule has 0 aliphatic carbocycles. The van der Waals surface area contributed by atoms with Crippen molar-refractivity contribution in [2.45, 2.75) is 12.5 Å². The molecule has 108 valence electrons. The van der Waals surface area contributed by atoms with Crippen molar-refractivity contribution in [1.29, 1.82) is 0 Å². The number of carbonyl (C=O) groups is 1. The third-order valence-corrected chi connectivity index (χ3v) is 3.26. The van der Waals surface area contributed by atoms with Crippen molar-refractivity contribution in [2.24, 2.45) is 0 Å². The quantitative estimate of drug-likeness (QED) is 0.920. The first-order chi connectivity index (χ1) is 10.2. The second-order valence-electron chi connectivity index (χ2n) is 4.72. The van der Waals surface area contributed by atoms with Crippen molar-refractivity contribution in [3.8, 4) is 11.5 Å². The van der Waals surface area contributed by atoms with Gasteiger partial charge in [0.1, 0.15) is 17.3 Å². The predicted octanol–water partition coefficient (Wildman–Crippen LogP) is 3.44. The highest BCUT2D eigenvalue weighted by Gasteiger charge is 2.24. The van der Waals surface area contributed by atoms with E-state index in [0.717, 1.165) is 0 Å². The predicted molar refractivity (Wildman–Crippen MR) is 74.9 cm³/mol. The molecule has 0 aromatic heterocycles. The van der Waals surface area contributed by atoms with Gasteiger partial charge in [-0.05, 0) is 30.3 Å². The summed E-state index contributed by atoms with van der Waals surface area (Å²) >= 11 is 0. The molecule has 3 rings (SSSR count). The lowest BCUT2D eigenvalue weighted by Gasteiger charge is -2.26. The standard InChI is InChI=1S/C16H14FNO3/c17-11-6-7-15-13(10-11)14(8-9-20-15)18-16(19)21-12-4-2-1-3-5-12/h1-7,10,14H,8-9H2,(H,18,19). The van der Waals surface area contributed by atoms with E-state index in [2.05, 4.69) is 5.32 Å². The normalized spacial score (nSPS) is 16.5. The molecule has 1 aliphatic rings. The Morgan fingerprint density at radius 1 is 1.24 bits per heavy atom. The van der Waals surface area contributed by atoms with Crippen LogP contribution in [0.1, 0.15) is 18.0 Å². The molecule has 0 saturated carbocycles. The van der Waals surface area contributed by atoms with Gasteiger partial charge in [-0.15, -0.1) is 0 Å². The number of fused-ring (bicyclic) bond motifs is 1. The van der Waals surface area contributed by atoms with E-state index in [1.165, 1.54) is 12.1 Å². The lowest BCUT2D eigenvalue weighted by Crippen LogP contribution is -2.34. The number of ether oxygens (including phenoxy) is 2. The van der Waals surface area contributed by atoms with Gasteiger partial charge in [0.25, 0.3) is 0 Å². The largest absolute Gasteiger partial charge is 0.493 e. The van der Waals surface area contributed by atoms with E-state index in [1.807, 2.05) is 6.07 Å². The summed E-state index contributed by atoms with van der Waals surface area (Å²) in [6, 6.07) is 12.7. The third-order valence-electron chi connectivity index (χ3n) is 3.26. The van der Waals surface area contributed by atoms with Gasteiger partial charge in [-0.1, -0.05) is 18.2 Å². The molecule has 1 amide bonds. The van der Waals surface area contributed by atoms with Crippen LogP contribution in [0.15, 0.2) is 48.5 Å². The van der Waals surface area contributed by atoms with Gasteiger partial charge >= 0.3 is 6.09 Å². The summed E-state index contributed by atoms with van der Waals surface area (Å²) in [4.78, 5) is 11.9. The lowest BCUT2D eigenvalue weighted by atomic mass is 10.0. The Morgan fingerprint density at radius 3 is 2.86 bits per heavy atom. The van der Waals surface area contributed by atoms with Gasteiger partial charge < -0.3 is 14.8 Å². The van der Waals surface area contributed by atoms with E-state index in [0.29, 0.717) is 30.1 Å². The minimum Gasteiger partial charge on any atom is -0.493 e. The smallest absolute Gasteiger partial charge is 0.413 e. The van der Waals surface area contributed by atoms with Crippen molar-refractivity contribution < 1.29 is 18.7 Å². The molecule has 0 radical (unpaired) electrons. The van der Waals surface area contributed by atoms with Gasteiger partial charge in [-0.25, -0.2) is 9.18 Å². The second-order valence-corrected chi connectivity index (χ2v) is 4.72. The molecule has 2 aromatic carbocycles. The fourth-order valence-corrected chi connectivity index (χ4v) is 2.28. The van der Waals surface area contributed by atoms with Gasteiger partial charge in [-0.3, -0.25) is 0 Å². The number of hydrogen-bond acceptors (Lipinski definition) is 3. The molecule has 4 nitrogen and oxygen atoms in total. The highest BCUT2D eigenvalue weighted by molar-refractivity contribution is 5.71. The van der Waals surface area contributed by atoms with Gasteiger partial charge in [0.05, 0.1) is 12.6 Å². The van der Waals surface area contributed by atoms with E-state index in [1.54, 1.807) is 30.3 Å². The third kappa shape index (κ3) is 3.13. The van der Waals surface area contributed by atoms with Gasteiger partial charge in [-0.2, -0.15) is 0 Å². The van der Waals surface area contributed by atoms with Gasteiger partial charge in [0, 0.05) is 12.0 Å². The topological polar surface area (TPSA) is 47.6 Å². The first-order valence-electron chi connectivity index (χ1n) is 6.68. The van der Waals surface area contributed by atoms with E-state index in [9.17, 15) is 9.18 Å². The minimum absolute atomic E-state index is 0.319. The number of carbonyl (C=O) groups excluding carboxylic acids is 1. The van der Waals surface area contributed by atoms with Gasteiger partial charge in [0.2, 0.25) is 0 Å². The SMILES string of the molecule is O=C(NC1CCOc2ccc(F)cc21)Oc1ccccc1. The zero-order valence-corrected chi connectivity index (χ0v) is 11.2. The molecular weight excluding hydrogens is 273 g/mol. The Kier molecular flexibility index (Phi) is 3.73. The average molecular weight is 287 g/mol. The number of para-hydroxylation sites is 1. The number of hydrogen-bond donors (Lipinski definition) is 1. The molecule has 1 N–H and O–H groups in total. The molecule has 0 saturated heterocycles. The number of benzene rings is 2. The summed E-state index contributed by atoms with van der Waals surface area (Å²) in [6.07, 6.45) is 0.00341. The summed E-state index contributed by atoms with van der Waals surface area (Å²) < 4.78 is 24.0. The number of amides is 1. The van der Waals surface area contributed by atoms with Crippen molar-refractivity contribution in [2.75, 3.05) is 6.61 Å². The van der Waals surface area contributed by atoms with Crippen LogP contribution < -0.4 is 14.8 Å². The Labute approximate surface area is 121 Å². The maximum Gasteiger partial charge on any atom is 0.413 e. The van der Waals surface area contributed by atoms with Crippen LogP contribution in [0.2, 0.25) is 0 Å². The Morgan fingerprint density at radius 2 is 2.05 bits per heavy atom. The molecule has 0 bridgehead atoms. The summed E-state index contributed by atoms with van der Waals surface area (Å²) in [5.41, 5.74) is 0.631. The molecule has 0 fully saturated rings. The Balaban J connectivity index is 1.71. The second kappa shape index (κ2) is 5.83. The number of halogens is 1. The van der Waals surface area contributed by atoms with Crippen LogP contribution in [0.25, 0.3) is 0 Å². The molecule has 21 heavy (non-hydrogen) atoms. The van der Waals surface area contributed by atoms with Crippen LogP contribution in [0, 0.1) is 5.82 Å². The molecule has 1 atom stereocenters. The van der Waals surface area contributed by atoms with Crippen molar-refractivity contribution in [3.63, 3.8) is 0 Å².